The Bertz CT molecular complexity index is 344. The van der Waals surface area contributed by atoms with Gasteiger partial charge in [-0.15, -0.1) is 0 Å². The minimum Gasteiger partial charge on any atom is -0.550 e. The molecule has 0 aliphatic carbocycles. The number of hydrogen-bond donors (Lipinski definition) is 1. The van der Waals surface area contributed by atoms with E-state index in [-0.39, 0.29) is 0 Å². The van der Waals surface area contributed by atoms with E-state index in [9.17, 15) is 0 Å². The molecule has 0 fully saturated rings. The zero-order chi connectivity index (χ0) is 17.3. The minimum absolute atomic E-state index is 0.972. The molecule has 0 saturated carbocycles. The molecule has 1 aliphatic rings. The topological polar surface area (TPSA) is 44.6 Å². The Kier molecular flexibility index (Phi) is 15.0. The van der Waals surface area contributed by atoms with Crippen LogP contribution in [0.2, 0.25) is 0 Å². The van der Waals surface area contributed by atoms with Crippen molar-refractivity contribution < 1.29 is 14.8 Å². The van der Waals surface area contributed by atoms with Crippen LogP contribution in [0.25, 0.3) is 0 Å². The van der Waals surface area contributed by atoms with Crippen LogP contribution >= 0.6 is 0 Å². The van der Waals surface area contributed by atoms with Gasteiger partial charge in [0.05, 0.1) is 12.7 Å². The molecule has 134 valence electrons. The van der Waals surface area contributed by atoms with Crippen LogP contribution < -0.4 is 10.0 Å². The maximum absolute atomic E-state index is 8.89. The number of hydrogen-bond acceptors (Lipinski definition) is 2. The number of nitrogens with one attached hydrogen (secondary N) is 1. The molecule has 1 aliphatic heterocycles. The first kappa shape index (κ1) is 21.9. The first-order chi connectivity index (χ1) is 11.1. The number of aliphatic carboxylic acids is 1. The third kappa shape index (κ3) is 14.2. The standard InChI is InChI=1S/C18H33N.C2H4O2/c1-3-5-6-7-8-9-10-11-12-13-16-19-17-14-15-18(19)4-2;1-2(3)4/h14-15,17H,3-13,16H2,1-2H3;1H3,(H,3,4). The maximum Gasteiger partial charge on any atom is 0.112 e. The number of rotatable bonds is 12. The molecule has 0 radical (unpaired) electrons. The highest BCUT2D eigenvalue weighted by Crippen LogP contribution is 2.10. The molecule has 0 spiro atoms. The Morgan fingerprint density at radius 3 is 1.91 bits per heavy atom. The zero-order valence-corrected chi connectivity index (χ0v) is 15.5. The van der Waals surface area contributed by atoms with Gasteiger partial charge >= 0.3 is 0 Å². The first-order valence-electron chi connectivity index (χ1n) is 9.52. The minimum atomic E-state index is -1.08. The van der Waals surface area contributed by atoms with Gasteiger partial charge in [-0.2, -0.15) is 0 Å². The number of carbonyl (C=O) groups is 1. The highest BCUT2D eigenvalue weighted by atomic mass is 16.4. The summed E-state index contributed by atoms with van der Waals surface area (Å²) in [5.74, 6) is -1.08. The van der Waals surface area contributed by atoms with Crippen molar-refractivity contribution in [3.8, 4) is 0 Å². The fourth-order valence-corrected chi connectivity index (χ4v) is 2.89. The van der Waals surface area contributed by atoms with Crippen LogP contribution in [0.4, 0.5) is 0 Å². The lowest BCUT2D eigenvalue weighted by atomic mass is 10.1. The number of quaternary nitrogens is 1. The lowest BCUT2D eigenvalue weighted by molar-refractivity contribution is -0.804. The van der Waals surface area contributed by atoms with E-state index in [1.165, 1.54) is 77.2 Å². The van der Waals surface area contributed by atoms with Crippen LogP contribution in [-0.4, -0.2) is 12.5 Å². The Morgan fingerprint density at radius 2 is 1.43 bits per heavy atom. The summed E-state index contributed by atoms with van der Waals surface area (Å²) in [7, 11) is 0. The second-order valence-electron chi connectivity index (χ2n) is 6.35. The predicted octanol–water partition coefficient (Wildman–Crippen LogP) is 3.37. The first-order valence-corrected chi connectivity index (χ1v) is 9.52. The second kappa shape index (κ2) is 15.8. The van der Waals surface area contributed by atoms with Gasteiger partial charge in [-0.3, -0.25) is 4.90 Å². The molecule has 3 heteroatoms. The maximum atomic E-state index is 8.89. The van der Waals surface area contributed by atoms with Crippen LogP contribution in [0.1, 0.15) is 91.4 Å². The summed E-state index contributed by atoms with van der Waals surface area (Å²) in [6.45, 7) is 6.82. The Balaban J connectivity index is 0.00000108. The molecule has 0 aromatic heterocycles. The van der Waals surface area contributed by atoms with E-state index in [0.717, 1.165) is 6.92 Å². The van der Waals surface area contributed by atoms with Crippen molar-refractivity contribution in [2.45, 2.75) is 91.4 Å². The van der Waals surface area contributed by atoms with E-state index < -0.39 is 5.97 Å². The highest BCUT2D eigenvalue weighted by molar-refractivity contribution is 5.60. The lowest BCUT2D eigenvalue weighted by Gasteiger charge is -2.12. The van der Waals surface area contributed by atoms with Gasteiger partial charge in [0.25, 0.3) is 0 Å². The molecule has 0 amide bonds. The fourth-order valence-electron chi connectivity index (χ4n) is 2.89. The Labute approximate surface area is 143 Å². The normalized spacial score (nSPS) is 16.0. The summed E-state index contributed by atoms with van der Waals surface area (Å²) in [6, 6.07) is 0. The Morgan fingerprint density at radius 1 is 0.957 bits per heavy atom. The van der Waals surface area contributed by atoms with E-state index in [1.54, 1.807) is 10.6 Å². The SMILES string of the molecule is CC(=O)[O-].CCCCCCCCCCCC[NH+]1C=CC=C1CC. The molecule has 0 bridgehead atoms. The van der Waals surface area contributed by atoms with E-state index in [4.69, 9.17) is 9.90 Å². The predicted molar refractivity (Wildman–Crippen MR) is 95.9 cm³/mol. The summed E-state index contributed by atoms with van der Waals surface area (Å²) in [5.41, 5.74) is 1.57. The number of carboxylic acid groups (broad SMARTS) is 1. The summed E-state index contributed by atoms with van der Waals surface area (Å²) in [4.78, 5) is 10.5. The summed E-state index contributed by atoms with van der Waals surface area (Å²) in [6.07, 6.45) is 22.3. The molecule has 3 nitrogen and oxygen atoms in total. The van der Waals surface area contributed by atoms with Crippen molar-refractivity contribution in [1.29, 1.82) is 0 Å². The number of carboxylic acids is 1. The Hall–Kier alpha value is -1.09. The van der Waals surface area contributed by atoms with Crippen molar-refractivity contribution >= 4 is 5.97 Å². The highest BCUT2D eigenvalue weighted by Gasteiger charge is 2.13. The molecule has 1 rings (SSSR count). The van der Waals surface area contributed by atoms with E-state index in [1.807, 2.05) is 0 Å². The summed E-state index contributed by atoms with van der Waals surface area (Å²) >= 11 is 0. The summed E-state index contributed by atoms with van der Waals surface area (Å²) in [5, 5.41) is 8.89. The molecule has 23 heavy (non-hydrogen) atoms. The van der Waals surface area contributed by atoms with Gasteiger partial charge in [0.15, 0.2) is 0 Å². The van der Waals surface area contributed by atoms with Crippen LogP contribution in [-0.2, 0) is 4.79 Å². The van der Waals surface area contributed by atoms with Gasteiger partial charge in [-0.25, -0.2) is 0 Å². The van der Waals surface area contributed by atoms with Gasteiger partial charge in [-0.1, -0.05) is 65.2 Å². The van der Waals surface area contributed by atoms with Gasteiger partial charge in [0.2, 0.25) is 0 Å². The number of allylic oxidation sites excluding steroid dienone is 3. The van der Waals surface area contributed by atoms with E-state index >= 15 is 0 Å². The molecular formula is C20H37NO2. The van der Waals surface area contributed by atoms with Crippen molar-refractivity contribution in [3.05, 3.63) is 24.0 Å². The largest absolute Gasteiger partial charge is 0.550 e. The molecule has 1 atom stereocenters. The van der Waals surface area contributed by atoms with Gasteiger partial charge in [0.1, 0.15) is 5.70 Å². The van der Waals surface area contributed by atoms with Gasteiger partial charge < -0.3 is 9.90 Å². The quantitative estimate of drug-likeness (QED) is 0.560. The molecule has 0 aromatic rings. The van der Waals surface area contributed by atoms with E-state index in [0.29, 0.717) is 0 Å². The second-order valence-corrected chi connectivity index (χ2v) is 6.35. The number of unbranched alkanes of at least 4 members (excludes halogenated alkanes) is 9. The third-order valence-corrected chi connectivity index (χ3v) is 4.19. The number of carbonyl (C=O) groups excluding carboxylic acids is 1. The van der Waals surface area contributed by atoms with Crippen LogP contribution in [0.15, 0.2) is 24.0 Å². The van der Waals surface area contributed by atoms with Crippen molar-refractivity contribution in [2.75, 3.05) is 6.54 Å². The molecule has 0 aromatic carbocycles. The monoisotopic (exact) mass is 323 g/mol. The molecule has 1 N–H and O–H groups in total. The third-order valence-electron chi connectivity index (χ3n) is 4.19. The lowest BCUT2D eigenvalue weighted by Crippen LogP contribution is -3.04. The van der Waals surface area contributed by atoms with Crippen molar-refractivity contribution in [1.82, 2.24) is 0 Å². The molecule has 0 saturated heterocycles. The summed E-state index contributed by atoms with van der Waals surface area (Å²) < 4.78 is 0. The fraction of sp³-hybridized carbons (Fsp3) is 0.750. The van der Waals surface area contributed by atoms with Gasteiger partial charge in [0, 0.05) is 18.5 Å². The smallest absolute Gasteiger partial charge is 0.112 e. The van der Waals surface area contributed by atoms with Crippen LogP contribution in [0.3, 0.4) is 0 Å². The molecule has 1 heterocycles. The van der Waals surface area contributed by atoms with E-state index in [2.05, 4.69) is 32.2 Å². The van der Waals surface area contributed by atoms with Crippen molar-refractivity contribution in [3.63, 3.8) is 0 Å². The average molecular weight is 324 g/mol. The van der Waals surface area contributed by atoms with Crippen LogP contribution in [0.5, 0.6) is 0 Å². The molecular weight excluding hydrogens is 286 g/mol. The zero-order valence-electron chi connectivity index (χ0n) is 15.5. The van der Waals surface area contributed by atoms with Crippen molar-refractivity contribution in [2.24, 2.45) is 0 Å². The van der Waals surface area contributed by atoms with Crippen LogP contribution in [0, 0.1) is 0 Å². The molecule has 1 unspecified atom stereocenters. The average Bonchev–Trinajstić information content (AvgIpc) is 2.96. The van der Waals surface area contributed by atoms with Gasteiger partial charge in [-0.05, 0) is 25.8 Å².